The van der Waals surface area contributed by atoms with E-state index >= 15 is 0 Å². The molecule has 1 saturated heterocycles. The minimum absolute atomic E-state index is 0. The van der Waals surface area contributed by atoms with Crippen LogP contribution in [0.4, 0.5) is 4.79 Å². The van der Waals surface area contributed by atoms with Gasteiger partial charge in [0, 0.05) is 32.0 Å². The quantitative estimate of drug-likeness (QED) is 0.330. The molecule has 2 heterocycles. The molecule has 9 heteroatoms. The highest BCUT2D eigenvalue weighted by molar-refractivity contribution is 14.0. The Morgan fingerprint density at radius 3 is 2.76 bits per heavy atom. The van der Waals surface area contributed by atoms with Crippen LogP contribution in [0.2, 0.25) is 0 Å². The molecule has 1 aromatic rings. The van der Waals surface area contributed by atoms with E-state index in [-0.39, 0.29) is 36.1 Å². The molecule has 1 aliphatic heterocycles. The summed E-state index contributed by atoms with van der Waals surface area (Å²) in [6.07, 6.45) is 8.85. The molecule has 1 amide bonds. The molecule has 0 radical (unpaired) electrons. The summed E-state index contributed by atoms with van der Waals surface area (Å²) in [4.78, 5) is 23.3. The number of likely N-dealkylation sites (tertiary alicyclic amines) is 1. The highest BCUT2D eigenvalue weighted by atomic mass is 127. The Hall–Kier alpha value is -1.52. The van der Waals surface area contributed by atoms with Crippen molar-refractivity contribution in [3.05, 3.63) is 18.7 Å². The zero-order valence-electron chi connectivity index (χ0n) is 17.7. The van der Waals surface area contributed by atoms with Gasteiger partial charge < -0.3 is 24.8 Å². The zero-order valence-corrected chi connectivity index (χ0v) is 20.0. The molecule has 1 saturated carbocycles. The maximum absolute atomic E-state index is 11.9. The molecule has 0 bridgehead atoms. The van der Waals surface area contributed by atoms with Crippen molar-refractivity contribution >= 4 is 36.0 Å². The number of nitrogens with one attached hydrogen (secondary N) is 2. The molecule has 2 N–H and O–H groups in total. The van der Waals surface area contributed by atoms with Gasteiger partial charge in [-0.05, 0) is 44.9 Å². The van der Waals surface area contributed by atoms with Crippen LogP contribution >= 0.6 is 24.0 Å². The molecule has 3 unspecified atom stereocenters. The molecule has 1 aromatic heterocycles. The van der Waals surface area contributed by atoms with E-state index in [2.05, 4.69) is 38.9 Å². The van der Waals surface area contributed by atoms with Crippen LogP contribution in [0.5, 0.6) is 0 Å². The Balaban J connectivity index is 0.00000300. The second-order valence-electron chi connectivity index (χ2n) is 7.79. The number of hydrogen-bond acceptors (Lipinski definition) is 4. The van der Waals surface area contributed by atoms with Crippen LogP contribution in [0, 0.1) is 11.8 Å². The fourth-order valence-electron chi connectivity index (χ4n) is 3.84. The number of carbonyl (C=O) groups excluding carboxylic acids is 1. The summed E-state index contributed by atoms with van der Waals surface area (Å²) >= 11 is 0. The van der Waals surface area contributed by atoms with Crippen molar-refractivity contribution in [1.82, 2.24) is 25.1 Å². The van der Waals surface area contributed by atoms with Gasteiger partial charge >= 0.3 is 6.09 Å². The lowest BCUT2D eigenvalue weighted by Gasteiger charge is -2.39. The van der Waals surface area contributed by atoms with Crippen LogP contribution in [-0.4, -0.2) is 65.3 Å². The molecule has 164 valence electrons. The SMILES string of the molecule is CCNC(=NCC(NC(=O)OCC)C1CC1)N1CCC(C)C(n2ccnc2)C1.I. The first kappa shape index (κ1) is 23.8. The maximum Gasteiger partial charge on any atom is 0.407 e. The topological polar surface area (TPSA) is 83.8 Å². The maximum atomic E-state index is 11.9. The van der Waals surface area contributed by atoms with Gasteiger partial charge in [-0.3, -0.25) is 4.99 Å². The number of hydrogen-bond donors (Lipinski definition) is 2. The number of rotatable bonds is 7. The number of imidazole rings is 1. The van der Waals surface area contributed by atoms with Gasteiger partial charge in [-0.1, -0.05) is 6.92 Å². The molecule has 2 aliphatic rings. The molecule has 3 rings (SSSR count). The number of halogens is 1. The summed E-state index contributed by atoms with van der Waals surface area (Å²) in [6.45, 7) is 9.88. The lowest BCUT2D eigenvalue weighted by Crippen LogP contribution is -2.49. The zero-order chi connectivity index (χ0) is 19.9. The number of piperidine rings is 1. The van der Waals surface area contributed by atoms with E-state index in [0.29, 0.717) is 31.0 Å². The van der Waals surface area contributed by atoms with Gasteiger partial charge in [-0.2, -0.15) is 0 Å². The third kappa shape index (κ3) is 6.75. The van der Waals surface area contributed by atoms with Gasteiger partial charge in [0.25, 0.3) is 0 Å². The number of aromatic nitrogens is 2. The van der Waals surface area contributed by atoms with E-state index in [9.17, 15) is 4.79 Å². The van der Waals surface area contributed by atoms with Gasteiger partial charge in [0.15, 0.2) is 5.96 Å². The second-order valence-corrected chi connectivity index (χ2v) is 7.79. The summed E-state index contributed by atoms with van der Waals surface area (Å²) in [5.74, 6) is 2.03. The average molecular weight is 518 g/mol. The standard InChI is InChI=1S/C20H34N6O2.HI/c1-4-22-19(23-12-17(16-6-7-16)24-20(27)28-5-2)25-10-8-15(3)18(13-25)26-11-9-21-14-26;/h9,11,14-18H,4-8,10,12-13H2,1-3H3,(H,22,23)(H,24,27);1H. The van der Waals surface area contributed by atoms with Crippen LogP contribution in [0.3, 0.4) is 0 Å². The number of guanidine groups is 1. The monoisotopic (exact) mass is 518 g/mol. The van der Waals surface area contributed by atoms with Crippen molar-refractivity contribution in [2.24, 2.45) is 16.8 Å². The van der Waals surface area contributed by atoms with E-state index in [1.54, 1.807) is 0 Å². The molecule has 29 heavy (non-hydrogen) atoms. The number of ether oxygens (including phenoxy) is 1. The molecule has 2 fully saturated rings. The van der Waals surface area contributed by atoms with Crippen molar-refractivity contribution < 1.29 is 9.53 Å². The number of carbonyl (C=O) groups is 1. The van der Waals surface area contributed by atoms with Gasteiger partial charge in [0.1, 0.15) is 0 Å². The number of alkyl carbamates (subject to hydrolysis) is 1. The first-order valence-electron chi connectivity index (χ1n) is 10.6. The molecule has 3 atom stereocenters. The first-order chi connectivity index (χ1) is 13.6. The minimum Gasteiger partial charge on any atom is -0.450 e. The van der Waals surface area contributed by atoms with E-state index in [0.717, 1.165) is 44.9 Å². The molecular formula is C20H35IN6O2. The van der Waals surface area contributed by atoms with Crippen molar-refractivity contribution in [1.29, 1.82) is 0 Å². The molecular weight excluding hydrogens is 483 g/mol. The van der Waals surface area contributed by atoms with Crippen LogP contribution in [0.15, 0.2) is 23.7 Å². The van der Waals surface area contributed by atoms with Crippen molar-refractivity contribution in [3.8, 4) is 0 Å². The third-order valence-electron chi connectivity index (χ3n) is 5.67. The molecule has 8 nitrogen and oxygen atoms in total. The molecule has 0 aromatic carbocycles. The number of amides is 1. The van der Waals surface area contributed by atoms with Gasteiger partial charge in [0.05, 0.1) is 31.6 Å². The number of nitrogens with zero attached hydrogens (tertiary/aromatic N) is 4. The van der Waals surface area contributed by atoms with E-state index < -0.39 is 0 Å². The van der Waals surface area contributed by atoms with Crippen LogP contribution in [0.25, 0.3) is 0 Å². The van der Waals surface area contributed by atoms with E-state index in [1.807, 2.05) is 25.6 Å². The number of aliphatic imine (C=N–C) groups is 1. The van der Waals surface area contributed by atoms with E-state index in [1.165, 1.54) is 0 Å². The summed E-state index contributed by atoms with van der Waals surface area (Å²) in [5.41, 5.74) is 0. The average Bonchev–Trinajstić information content (AvgIpc) is 3.39. The summed E-state index contributed by atoms with van der Waals surface area (Å²) in [7, 11) is 0. The Morgan fingerprint density at radius 1 is 1.34 bits per heavy atom. The fraction of sp³-hybridized carbons (Fsp3) is 0.750. The fourth-order valence-corrected chi connectivity index (χ4v) is 3.84. The lowest BCUT2D eigenvalue weighted by molar-refractivity contribution is 0.147. The summed E-state index contributed by atoms with van der Waals surface area (Å²) < 4.78 is 7.26. The van der Waals surface area contributed by atoms with Crippen molar-refractivity contribution in [2.45, 2.75) is 52.1 Å². The van der Waals surface area contributed by atoms with E-state index in [4.69, 9.17) is 9.73 Å². The van der Waals surface area contributed by atoms with Gasteiger partial charge in [-0.25, -0.2) is 9.78 Å². The largest absolute Gasteiger partial charge is 0.450 e. The highest BCUT2D eigenvalue weighted by Gasteiger charge is 2.33. The lowest BCUT2D eigenvalue weighted by atomic mass is 9.93. The summed E-state index contributed by atoms with van der Waals surface area (Å²) in [5, 5.41) is 6.42. The molecule has 1 aliphatic carbocycles. The first-order valence-corrected chi connectivity index (χ1v) is 10.6. The summed E-state index contributed by atoms with van der Waals surface area (Å²) in [6, 6.07) is 0.429. The smallest absolute Gasteiger partial charge is 0.407 e. The van der Waals surface area contributed by atoms with Crippen LogP contribution in [0.1, 0.15) is 46.1 Å². The van der Waals surface area contributed by atoms with Gasteiger partial charge in [-0.15, -0.1) is 24.0 Å². The molecule has 0 spiro atoms. The Labute approximate surface area is 190 Å². The normalized spacial score (nSPS) is 23.1. The third-order valence-corrected chi connectivity index (χ3v) is 5.67. The minimum atomic E-state index is -0.341. The van der Waals surface area contributed by atoms with Crippen molar-refractivity contribution in [3.63, 3.8) is 0 Å². The Bertz CT molecular complexity index is 649. The van der Waals surface area contributed by atoms with Gasteiger partial charge in [0.2, 0.25) is 0 Å². The van der Waals surface area contributed by atoms with Crippen LogP contribution < -0.4 is 10.6 Å². The predicted molar refractivity (Wildman–Crippen MR) is 125 cm³/mol. The highest BCUT2D eigenvalue weighted by Crippen LogP contribution is 2.33. The van der Waals surface area contributed by atoms with Crippen molar-refractivity contribution in [2.75, 3.05) is 32.8 Å². The Kier molecular flexibility index (Phi) is 9.51. The second kappa shape index (κ2) is 11.6. The van der Waals surface area contributed by atoms with Crippen LogP contribution in [-0.2, 0) is 4.74 Å². The predicted octanol–water partition coefficient (Wildman–Crippen LogP) is 2.87. The Morgan fingerprint density at radius 2 is 2.14 bits per heavy atom.